The van der Waals surface area contributed by atoms with Gasteiger partial charge < -0.3 is 24.6 Å². The van der Waals surface area contributed by atoms with Crippen molar-refractivity contribution < 1.29 is 24.1 Å². The van der Waals surface area contributed by atoms with E-state index < -0.39 is 12.1 Å². The van der Waals surface area contributed by atoms with Gasteiger partial charge in [-0.15, -0.1) is 0 Å². The van der Waals surface area contributed by atoms with Crippen LogP contribution in [0.15, 0.2) is 78.9 Å². The van der Waals surface area contributed by atoms with Crippen LogP contribution in [0.1, 0.15) is 62.1 Å². The lowest BCUT2D eigenvalue weighted by molar-refractivity contribution is -0.0480. The fourth-order valence-corrected chi connectivity index (χ4v) is 4.68. The molecule has 0 aromatic heterocycles. The molecule has 0 radical (unpaired) electrons. The van der Waals surface area contributed by atoms with Gasteiger partial charge in [-0.2, -0.15) is 0 Å². The number of hydrogen-bond donors (Lipinski definition) is 2. The number of carbonyl (C=O) groups is 1. The van der Waals surface area contributed by atoms with Crippen LogP contribution in [0, 0.1) is 0 Å². The average Bonchev–Trinajstić information content (AvgIpc) is 3.45. The van der Waals surface area contributed by atoms with Crippen LogP contribution in [-0.4, -0.2) is 37.3 Å². The summed E-state index contributed by atoms with van der Waals surface area (Å²) in [5.41, 5.74) is 3.79. The molecule has 1 amide bonds. The average molecular weight is 504 g/mol. The Morgan fingerprint density at radius 1 is 0.811 bits per heavy atom. The molecule has 0 bridgehead atoms. The van der Waals surface area contributed by atoms with E-state index in [1.54, 1.807) is 0 Å². The number of carboxylic acid groups (broad SMARTS) is 1. The predicted molar refractivity (Wildman–Crippen MR) is 145 cm³/mol. The van der Waals surface area contributed by atoms with Crippen molar-refractivity contribution in [2.24, 2.45) is 0 Å². The molecule has 1 aliphatic rings. The molecule has 3 aromatic rings. The highest BCUT2D eigenvalue weighted by Gasteiger charge is 2.19. The minimum absolute atomic E-state index is 0.0112. The maximum Gasteiger partial charge on any atom is 0.405 e. The summed E-state index contributed by atoms with van der Waals surface area (Å²) in [5.74, 6) is 0.751. The Bertz CT molecular complexity index is 1080. The Kier molecular flexibility index (Phi) is 10.4. The molecule has 1 fully saturated rings. The normalized spacial score (nSPS) is 14.4. The van der Waals surface area contributed by atoms with Crippen molar-refractivity contribution in [1.29, 1.82) is 0 Å². The van der Waals surface area contributed by atoms with Gasteiger partial charge >= 0.3 is 6.09 Å². The van der Waals surface area contributed by atoms with E-state index in [0.717, 1.165) is 66.9 Å². The number of rotatable bonds is 14. The molecule has 1 saturated heterocycles. The summed E-state index contributed by atoms with van der Waals surface area (Å²) >= 11 is 0. The quantitative estimate of drug-likeness (QED) is 0.228. The lowest BCUT2D eigenvalue weighted by Crippen LogP contribution is -2.27. The van der Waals surface area contributed by atoms with Gasteiger partial charge in [-0.1, -0.05) is 86.3 Å². The van der Waals surface area contributed by atoms with Gasteiger partial charge in [-0.05, 0) is 59.7 Å². The lowest BCUT2D eigenvalue weighted by atomic mass is 9.94. The number of hydrogen-bond acceptors (Lipinski definition) is 4. The third-order valence-electron chi connectivity index (χ3n) is 6.56. The van der Waals surface area contributed by atoms with E-state index >= 15 is 0 Å². The first-order valence-corrected chi connectivity index (χ1v) is 13.3. The van der Waals surface area contributed by atoms with E-state index in [4.69, 9.17) is 14.2 Å². The minimum Gasteiger partial charge on any atom is -0.494 e. The third kappa shape index (κ3) is 8.62. The van der Waals surface area contributed by atoms with Gasteiger partial charge in [0, 0.05) is 0 Å². The molecule has 4 rings (SSSR count). The second-order valence-electron chi connectivity index (χ2n) is 9.38. The van der Waals surface area contributed by atoms with Crippen molar-refractivity contribution in [3.8, 4) is 16.9 Å². The number of benzene rings is 3. The summed E-state index contributed by atoms with van der Waals surface area (Å²) < 4.78 is 17.2. The molecule has 0 aliphatic carbocycles. The van der Waals surface area contributed by atoms with Crippen LogP contribution in [0.2, 0.25) is 0 Å². The number of unbranched alkanes of at least 4 members (excludes halogenated alkanes) is 5. The summed E-state index contributed by atoms with van der Waals surface area (Å²) in [5, 5.41) is 12.2. The Morgan fingerprint density at radius 3 is 2.16 bits per heavy atom. The number of amides is 1. The van der Waals surface area contributed by atoms with Crippen molar-refractivity contribution in [2.45, 2.75) is 57.3 Å². The van der Waals surface area contributed by atoms with E-state index in [2.05, 4.69) is 17.4 Å². The van der Waals surface area contributed by atoms with E-state index in [-0.39, 0.29) is 6.29 Å². The Balaban J connectivity index is 1.36. The van der Waals surface area contributed by atoms with Crippen LogP contribution in [-0.2, 0) is 9.47 Å². The highest BCUT2D eigenvalue weighted by Crippen LogP contribution is 2.32. The molecule has 2 N–H and O–H groups in total. The van der Waals surface area contributed by atoms with Gasteiger partial charge in [0.25, 0.3) is 0 Å². The first-order valence-electron chi connectivity index (χ1n) is 13.3. The van der Waals surface area contributed by atoms with Crippen LogP contribution in [0.5, 0.6) is 5.75 Å². The first-order chi connectivity index (χ1) is 18.2. The zero-order chi connectivity index (χ0) is 25.7. The van der Waals surface area contributed by atoms with Crippen LogP contribution >= 0.6 is 0 Å². The maximum atomic E-state index is 11.6. The van der Waals surface area contributed by atoms with Crippen LogP contribution < -0.4 is 10.1 Å². The fourth-order valence-electron chi connectivity index (χ4n) is 4.68. The standard InChI is InChI=1S/C31H37NO5/c33-31(34)32-30(25-15-9-6-10-16-25)27-21-26(24-13-7-5-8-14-24)22-28(23-27)35-18-12-4-2-1-3-11-17-29-36-19-20-37-29/h5-10,13-16,21-23,29-30,32H,1-4,11-12,17-20H2,(H,33,34). The Morgan fingerprint density at radius 2 is 1.46 bits per heavy atom. The molecule has 1 unspecified atom stereocenters. The van der Waals surface area contributed by atoms with E-state index in [1.807, 2.05) is 66.7 Å². The van der Waals surface area contributed by atoms with Crippen LogP contribution in [0.3, 0.4) is 0 Å². The van der Waals surface area contributed by atoms with E-state index in [9.17, 15) is 9.90 Å². The molecule has 0 spiro atoms. The van der Waals surface area contributed by atoms with Crippen molar-refractivity contribution in [1.82, 2.24) is 5.32 Å². The van der Waals surface area contributed by atoms with Crippen molar-refractivity contribution in [2.75, 3.05) is 19.8 Å². The molecule has 196 valence electrons. The summed E-state index contributed by atoms with van der Waals surface area (Å²) in [6, 6.07) is 25.3. The first kappa shape index (κ1) is 26.7. The van der Waals surface area contributed by atoms with Crippen molar-refractivity contribution in [3.63, 3.8) is 0 Å². The third-order valence-corrected chi connectivity index (χ3v) is 6.56. The number of ether oxygens (including phenoxy) is 3. The SMILES string of the molecule is O=C(O)NC(c1ccccc1)c1cc(OCCCCCCCCC2OCCO2)cc(-c2ccccc2)c1. The van der Waals surface area contributed by atoms with Gasteiger partial charge in [-0.25, -0.2) is 4.79 Å². The second-order valence-corrected chi connectivity index (χ2v) is 9.38. The molecule has 6 heteroatoms. The molecule has 1 atom stereocenters. The van der Waals surface area contributed by atoms with Crippen molar-refractivity contribution in [3.05, 3.63) is 90.0 Å². The smallest absolute Gasteiger partial charge is 0.405 e. The topological polar surface area (TPSA) is 77.0 Å². The molecule has 37 heavy (non-hydrogen) atoms. The highest BCUT2D eigenvalue weighted by molar-refractivity contribution is 5.69. The van der Waals surface area contributed by atoms with Gasteiger partial charge in [0.15, 0.2) is 6.29 Å². The lowest BCUT2D eigenvalue weighted by Gasteiger charge is -2.20. The Hall–Kier alpha value is -3.35. The van der Waals surface area contributed by atoms with Crippen LogP contribution in [0.4, 0.5) is 4.79 Å². The second kappa shape index (κ2) is 14.4. The van der Waals surface area contributed by atoms with Crippen LogP contribution in [0.25, 0.3) is 11.1 Å². The molecule has 0 saturated carbocycles. The molecule has 6 nitrogen and oxygen atoms in total. The molecule has 3 aromatic carbocycles. The zero-order valence-corrected chi connectivity index (χ0v) is 21.3. The monoisotopic (exact) mass is 503 g/mol. The van der Waals surface area contributed by atoms with Gasteiger partial charge in [-0.3, -0.25) is 0 Å². The summed E-state index contributed by atoms with van der Waals surface area (Å²) in [6.45, 7) is 2.08. The number of nitrogens with one attached hydrogen (secondary N) is 1. The van der Waals surface area contributed by atoms with Crippen molar-refractivity contribution >= 4 is 6.09 Å². The van der Waals surface area contributed by atoms with Gasteiger partial charge in [0.05, 0.1) is 25.9 Å². The van der Waals surface area contributed by atoms with E-state index in [1.165, 1.54) is 19.3 Å². The summed E-state index contributed by atoms with van der Waals surface area (Å²) in [6.07, 6.45) is 6.77. The molecular weight excluding hydrogens is 466 g/mol. The minimum atomic E-state index is -1.07. The molecule has 1 heterocycles. The van der Waals surface area contributed by atoms with Gasteiger partial charge in [0.1, 0.15) is 5.75 Å². The van der Waals surface area contributed by atoms with E-state index in [0.29, 0.717) is 6.61 Å². The fraction of sp³-hybridized carbons (Fsp3) is 0.387. The zero-order valence-electron chi connectivity index (χ0n) is 21.3. The maximum absolute atomic E-state index is 11.6. The van der Waals surface area contributed by atoms with Gasteiger partial charge in [0.2, 0.25) is 0 Å². The predicted octanol–water partition coefficient (Wildman–Crippen LogP) is 7.19. The molecular formula is C31H37NO5. The molecule has 1 aliphatic heterocycles. The summed E-state index contributed by atoms with van der Waals surface area (Å²) in [4.78, 5) is 11.6. The Labute approximate surface area is 219 Å². The largest absolute Gasteiger partial charge is 0.494 e. The highest BCUT2D eigenvalue weighted by atomic mass is 16.7. The summed E-state index contributed by atoms with van der Waals surface area (Å²) in [7, 11) is 0.